The molecule has 1 aromatic heterocycles. The van der Waals surface area contributed by atoms with Crippen molar-refractivity contribution < 1.29 is 18.3 Å². The predicted octanol–water partition coefficient (Wildman–Crippen LogP) is 2.35. The molecule has 0 unspecified atom stereocenters. The normalized spacial score (nSPS) is 20.5. The van der Waals surface area contributed by atoms with Crippen molar-refractivity contribution in [1.82, 2.24) is 4.31 Å². The van der Waals surface area contributed by atoms with Gasteiger partial charge in [-0.3, -0.25) is 0 Å². The van der Waals surface area contributed by atoms with Gasteiger partial charge in [-0.25, -0.2) is 13.2 Å². The van der Waals surface area contributed by atoms with Crippen molar-refractivity contribution in [2.45, 2.75) is 29.9 Å². The summed E-state index contributed by atoms with van der Waals surface area (Å²) in [6, 6.07) is 1.38. The van der Waals surface area contributed by atoms with Gasteiger partial charge in [-0.05, 0) is 17.9 Å². The van der Waals surface area contributed by atoms with Gasteiger partial charge in [0.15, 0.2) is 0 Å². The van der Waals surface area contributed by atoms with E-state index in [1.165, 1.54) is 15.8 Å². The summed E-state index contributed by atoms with van der Waals surface area (Å²) in [5.41, 5.74) is 0. The first kappa shape index (κ1) is 15.8. The standard InChI is InChI=1S/C12H17NO4S3/c1-12(2)4-5-13(6-8-19-12)20(16,17)9-3-7-18-10(9)11(14)15/h3,7H,4-6,8H2,1-2H3,(H,14,15). The average molecular weight is 335 g/mol. The summed E-state index contributed by atoms with van der Waals surface area (Å²) in [7, 11) is -3.72. The number of carboxylic acids is 1. The van der Waals surface area contributed by atoms with Gasteiger partial charge in [0.2, 0.25) is 10.0 Å². The first-order chi connectivity index (χ1) is 9.24. The second-order valence-corrected chi connectivity index (χ2v) is 9.81. The molecule has 0 saturated carbocycles. The number of sulfonamides is 1. The second-order valence-electron chi connectivity index (χ2n) is 5.18. The molecule has 1 saturated heterocycles. The van der Waals surface area contributed by atoms with Crippen molar-refractivity contribution in [3.63, 3.8) is 0 Å². The van der Waals surface area contributed by atoms with Crippen LogP contribution in [0.2, 0.25) is 0 Å². The number of hydrogen-bond acceptors (Lipinski definition) is 5. The maximum absolute atomic E-state index is 12.6. The molecule has 112 valence electrons. The van der Waals surface area contributed by atoms with E-state index in [4.69, 9.17) is 5.11 Å². The molecular weight excluding hydrogens is 318 g/mol. The number of carbonyl (C=O) groups is 1. The lowest BCUT2D eigenvalue weighted by Crippen LogP contribution is -2.34. The Labute approximate surface area is 127 Å². The summed E-state index contributed by atoms with van der Waals surface area (Å²) in [6.45, 7) is 5.05. The van der Waals surface area contributed by atoms with Crippen LogP contribution in [-0.4, -0.2) is 47.4 Å². The summed E-state index contributed by atoms with van der Waals surface area (Å²) in [4.78, 5) is 10.9. The zero-order valence-electron chi connectivity index (χ0n) is 11.3. The fraction of sp³-hybridized carbons (Fsp3) is 0.583. The first-order valence-electron chi connectivity index (χ1n) is 6.19. The van der Waals surface area contributed by atoms with Crippen LogP contribution in [0.5, 0.6) is 0 Å². The number of aromatic carboxylic acids is 1. The molecule has 0 aliphatic carbocycles. The quantitative estimate of drug-likeness (QED) is 0.918. The number of rotatable bonds is 3. The maximum atomic E-state index is 12.6. The van der Waals surface area contributed by atoms with Crippen LogP contribution in [0.4, 0.5) is 0 Å². The van der Waals surface area contributed by atoms with Crippen LogP contribution in [0, 0.1) is 0 Å². The van der Waals surface area contributed by atoms with Gasteiger partial charge in [-0.15, -0.1) is 11.3 Å². The molecule has 2 heterocycles. The van der Waals surface area contributed by atoms with E-state index in [0.29, 0.717) is 13.1 Å². The molecule has 1 N–H and O–H groups in total. The van der Waals surface area contributed by atoms with Gasteiger partial charge < -0.3 is 5.11 Å². The van der Waals surface area contributed by atoms with Gasteiger partial charge in [0.05, 0.1) is 0 Å². The molecule has 1 fully saturated rings. The van der Waals surface area contributed by atoms with E-state index >= 15 is 0 Å². The lowest BCUT2D eigenvalue weighted by atomic mass is 10.1. The molecule has 0 bridgehead atoms. The Morgan fingerprint density at radius 1 is 1.40 bits per heavy atom. The fourth-order valence-electron chi connectivity index (χ4n) is 2.04. The highest BCUT2D eigenvalue weighted by Gasteiger charge is 2.33. The molecule has 2 rings (SSSR count). The zero-order chi connectivity index (χ0) is 15.0. The second kappa shape index (κ2) is 5.67. The molecule has 0 spiro atoms. The third kappa shape index (κ3) is 3.19. The predicted molar refractivity (Wildman–Crippen MR) is 81.2 cm³/mol. The van der Waals surface area contributed by atoms with E-state index in [1.54, 1.807) is 11.8 Å². The molecular formula is C12H17NO4S3. The van der Waals surface area contributed by atoms with Crippen LogP contribution < -0.4 is 0 Å². The van der Waals surface area contributed by atoms with E-state index in [2.05, 4.69) is 13.8 Å². The van der Waals surface area contributed by atoms with Gasteiger partial charge in [0, 0.05) is 23.6 Å². The molecule has 1 aromatic rings. The van der Waals surface area contributed by atoms with Gasteiger partial charge in [-0.1, -0.05) is 13.8 Å². The number of thiophene rings is 1. The molecule has 1 aliphatic heterocycles. The zero-order valence-corrected chi connectivity index (χ0v) is 13.8. The minimum Gasteiger partial charge on any atom is -0.477 e. The van der Waals surface area contributed by atoms with Crippen LogP contribution in [0.3, 0.4) is 0 Å². The number of carboxylic acid groups (broad SMARTS) is 1. The van der Waals surface area contributed by atoms with E-state index in [9.17, 15) is 13.2 Å². The van der Waals surface area contributed by atoms with Crippen LogP contribution in [-0.2, 0) is 10.0 Å². The van der Waals surface area contributed by atoms with Crippen molar-refractivity contribution in [1.29, 1.82) is 0 Å². The molecule has 20 heavy (non-hydrogen) atoms. The number of nitrogens with zero attached hydrogens (tertiary/aromatic N) is 1. The highest BCUT2D eigenvalue weighted by Crippen LogP contribution is 2.33. The van der Waals surface area contributed by atoms with Gasteiger partial charge in [0.1, 0.15) is 9.77 Å². The summed E-state index contributed by atoms with van der Waals surface area (Å²) in [6.07, 6.45) is 0.753. The Morgan fingerprint density at radius 2 is 2.10 bits per heavy atom. The third-order valence-corrected chi connectivity index (χ3v) is 7.58. The van der Waals surface area contributed by atoms with Gasteiger partial charge in [-0.2, -0.15) is 16.1 Å². The van der Waals surface area contributed by atoms with E-state index in [1.807, 2.05) is 0 Å². The van der Waals surface area contributed by atoms with Crippen LogP contribution in [0.15, 0.2) is 16.3 Å². The van der Waals surface area contributed by atoms with Crippen molar-refractivity contribution in [3.05, 3.63) is 16.3 Å². The lowest BCUT2D eigenvalue weighted by molar-refractivity contribution is 0.0698. The lowest BCUT2D eigenvalue weighted by Gasteiger charge is -2.22. The SMILES string of the molecule is CC1(C)CCN(S(=O)(=O)c2ccsc2C(=O)O)CCS1. The fourth-order valence-corrected chi connectivity index (χ4v) is 5.93. The molecule has 0 amide bonds. The van der Waals surface area contributed by atoms with E-state index < -0.39 is 16.0 Å². The number of hydrogen-bond donors (Lipinski definition) is 1. The Kier molecular flexibility index (Phi) is 4.48. The topological polar surface area (TPSA) is 74.7 Å². The van der Waals surface area contributed by atoms with E-state index in [-0.39, 0.29) is 14.5 Å². The summed E-state index contributed by atoms with van der Waals surface area (Å²) in [5.74, 6) is -0.471. The Hall–Kier alpha value is -0.570. The average Bonchev–Trinajstić information content (AvgIpc) is 2.76. The van der Waals surface area contributed by atoms with Gasteiger partial charge >= 0.3 is 5.97 Å². The molecule has 5 nitrogen and oxygen atoms in total. The summed E-state index contributed by atoms with van der Waals surface area (Å²) in [5, 5.41) is 10.6. The molecule has 8 heteroatoms. The largest absolute Gasteiger partial charge is 0.477 e. The molecule has 0 radical (unpaired) electrons. The maximum Gasteiger partial charge on any atom is 0.347 e. The smallest absolute Gasteiger partial charge is 0.347 e. The van der Waals surface area contributed by atoms with Crippen molar-refractivity contribution >= 4 is 39.1 Å². The Balaban J connectivity index is 2.31. The monoisotopic (exact) mass is 335 g/mol. The van der Waals surface area contributed by atoms with Crippen LogP contribution >= 0.6 is 23.1 Å². The first-order valence-corrected chi connectivity index (χ1v) is 9.49. The minimum atomic E-state index is -3.72. The third-order valence-electron chi connectivity index (χ3n) is 3.24. The highest BCUT2D eigenvalue weighted by molar-refractivity contribution is 8.00. The van der Waals surface area contributed by atoms with Crippen molar-refractivity contribution in [2.75, 3.05) is 18.8 Å². The van der Waals surface area contributed by atoms with Crippen molar-refractivity contribution in [2.24, 2.45) is 0 Å². The highest BCUT2D eigenvalue weighted by atomic mass is 32.2. The van der Waals surface area contributed by atoms with Crippen LogP contribution in [0.25, 0.3) is 0 Å². The van der Waals surface area contributed by atoms with E-state index in [0.717, 1.165) is 23.5 Å². The Bertz CT molecular complexity index is 606. The number of thioether (sulfide) groups is 1. The summed E-state index contributed by atoms with van der Waals surface area (Å²) >= 11 is 2.69. The molecule has 1 aliphatic rings. The Morgan fingerprint density at radius 3 is 2.75 bits per heavy atom. The van der Waals surface area contributed by atoms with Gasteiger partial charge in [0.25, 0.3) is 0 Å². The van der Waals surface area contributed by atoms with Crippen LogP contribution in [0.1, 0.15) is 29.9 Å². The van der Waals surface area contributed by atoms with Crippen molar-refractivity contribution in [3.8, 4) is 0 Å². The summed E-state index contributed by atoms with van der Waals surface area (Å²) < 4.78 is 26.7. The minimum absolute atomic E-state index is 0.0501. The molecule has 0 atom stereocenters. The molecule has 0 aromatic carbocycles.